The lowest BCUT2D eigenvalue weighted by atomic mass is 10.0. The van der Waals surface area contributed by atoms with Crippen LogP contribution in [0.5, 0.6) is 11.5 Å². The van der Waals surface area contributed by atoms with Gasteiger partial charge >= 0.3 is 0 Å². The third kappa shape index (κ3) is 3.01. The van der Waals surface area contributed by atoms with E-state index in [1.54, 1.807) is 0 Å². The second-order valence-corrected chi connectivity index (χ2v) is 6.01. The lowest BCUT2D eigenvalue weighted by Crippen LogP contribution is -2.56. The van der Waals surface area contributed by atoms with Crippen LogP contribution in [-0.2, 0) is 13.0 Å². The molecule has 0 radical (unpaired) electrons. The Balaban J connectivity index is 1.83. The third-order valence-corrected chi connectivity index (χ3v) is 4.43. The number of likely N-dealkylation sites (N-methyl/N-ethyl adjacent to an activating group) is 1. The minimum atomic E-state index is 0.280. The highest BCUT2D eigenvalue weighted by Gasteiger charge is 2.26. The molecule has 1 atom stereocenters. The number of nitrogens with one attached hydrogen (secondary N) is 1. The molecular weight excluding hydrogens is 264 g/mol. The summed E-state index contributed by atoms with van der Waals surface area (Å²) in [6.45, 7) is 11.3. The Kier molecular flexibility index (Phi) is 4.36. The third-order valence-electron chi connectivity index (χ3n) is 4.43. The zero-order valence-corrected chi connectivity index (χ0v) is 13.3. The second kappa shape index (κ2) is 6.24. The van der Waals surface area contributed by atoms with E-state index < -0.39 is 0 Å². The van der Waals surface area contributed by atoms with E-state index in [0.29, 0.717) is 12.6 Å². The average Bonchev–Trinajstić information content (AvgIpc) is 2.75. The fourth-order valence-corrected chi connectivity index (χ4v) is 3.14. The maximum atomic E-state index is 5.91. The van der Waals surface area contributed by atoms with Gasteiger partial charge in [0.25, 0.3) is 0 Å². The first-order valence-corrected chi connectivity index (χ1v) is 8.11. The van der Waals surface area contributed by atoms with Crippen molar-refractivity contribution in [3.63, 3.8) is 0 Å². The van der Waals surface area contributed by atoms with Crippen molar-refractivity contribution in [2.75, 3.05) is 26.2 Å². The van der Waals surface area contributed by atoms with Crippen molar-refractivity contribution in [2.24, 2.45) is 0 Å². The van der Waals surface area contributed by atoms with Crippen LogP contribution < -0.4 is 14.8 Å². The molecule has 21 heavy (non-hydrogen) atoms. The highest BCUT2D eigenvalue weighted by atomic mass is 16.5. The molecule has 0 aromatic heterocycles. The first-order valence-electron chi connectivity index (χ1n) is 8.11. The number of fused-ring (bicyclic) bond motifs is 1. The van der Waals surface area contributed by atoms with Gasteiger partial charge in [0.05, 0.1) is 6.61 Å². The first kappa shape index (κ1) is 14.7. The molecule has 1 fully saturated rings. The summed E-state index contributed by atoms with van der Waals surface area (Å²) >= 11 is 0. The van der Waals surface area contributed by atoms with Crippen molar-refractivity contribution in [1.82, 2.24) is 10.2 Å². The van der Waals surface area contributed by atoms with Crippen LogP contribution in [0.4, 0.5) is 0 Å². The Bertz CT molecular complexity index is 500. The van der Waals surface area contributed by atoms with E-state index in [9.17, 15) is 0 Å². The van der Waals surface area contributed by atoms with E-state index in [1.807, 2.05) is 6.92 Å². The molecule has 1 N–H and O–H groups in total. The molecule has 116 valence electrons. The molecule has 0 spiro atoms. The Morgan fingerprint density at radius 1 is 1.33 bits per heavy atom. The molecule has 2 aliphatic heterocycles. The molecule has 0 saturated carbocycles. The van der Waals surface area contributed by atoms with E-state index >= 15 is 0 Å². The normalized spacial score (nSPS) is 21.0. The quantitative estimate of drug-likeness (QED) is 0.871. The number of hydrogen-bond donors (Lipinski definition) is 1. The molecule has 0 bridgehead atoms. The smallest absolute Gasteiger partial charge is 0.124 e. The Morgan fingerprint density at radius 2 is 2.14 bits per heavy atom. The van der Waals surface area contributed by atoms with Crippen molar-refractivity contribution in [1.29, 1.82) is 0 Å². The van der Waals surface area contributed by atoms with Gasteiger partial charge in [0.1, 0.15) is 17.6 Å². The highest BCUT2D eigenvalue weighted by Crippen LogP contribution is 2.36. The minimum Gasteiger partial charge on any atom is -0.494 e. The van der Waals surface area contributed by atoms with Crippen molar-refractivity contribution in [3.05, 3.63) is 23.3 Å². The summed E-state index contributed by atoms with van der Waals surface area (Å²) in [7, 11) is 0. The van der Waals surface area contributed by atoms with Crippen molar-refractivity contribution < 1.29 is 9.47 Å². The number of benzene rings is 1. The highest BCUT2D eigenvalue weighted by molar-refractivity contribution is 5.48. The fraction of sp³-hybridized carbons (Fsp3) is 0.647. The van der Waals surface area contributed by atoms with E-state index in [0.717, 1.165) is 44.1 Å². The van der Waals surface area contributed by atoms with Gasteiger partial charge in [-0.2, -0.15) is 0 Å². The molecule has 4 heteroatoms. The van der Waals surface area contributed by atoms with Crippen molar-refractivity contribution in [2.45, 2.75) is 45.9 Å². The van der Waals surface area contributed by atoms with Gasteiger partial charge in [-0.15, -0.1) is 0 Å². The zero-order valence-electron chi connectivity index (χ0n) is 13.3. The predicted molar refractivity (Wildman–Crippen MR) is 84.1 cm³/mol. The van der Waals surface area contributed by atoms with Crippen LogP contribution in [0.3, 0.4) is 0 Å². The molecule has 0 amide bonds. The number of hydrogen-bond acceptors (Lipinski definition) is 4. The standard InChI is InChI=1S/C17H26N2O2/c1-4-19(15-9-18-10-15)11-14-8-17-13(6-12(3)21-17)7-16(14)20-5-2/h7-8,12,15,18H,4-6,9-11H2,1-3H3. The van der Waals surface area contributed by atoms with Crippen LogP contribution in [0.2, 0.25) is 0 Å². The number of nitrogens with zero attached hydrogens (tertiary/aromatic N) is 1. The largest absolute Gasteiger partial charge is 0.494 e. The van der Waals surface area contributed by atoms with Gasteiger partial charge in [-0.3, -0.25) is 4.90 Å². The maximum Gasteiger partial charge on any atom is 0.124 e. The van der Waals surface area contributed by atoms with Gasteiger partial charge in [-0.05, 0) is 32.5 Å². The van der Waals surface area contributed by atoms with E-state index in [2.05, 4.69) is 36.2 Å². The van der Waals surface area contributed by atoms with Crippen LogP contribution in [0.25, 0.3) is 0 Å². The lowest BCUT2D eigenvalue weighted by molar-refractivity contribution is 0.143. The summed E-state index contributed by atoms with van der Waals surface area (Å²) in [5.41, 5.74) is 2.53. The minimum absolute atomic E-state index is 0.280. The molecule has 2 heterocycles. The van der Waals surface area contributed by atoms with E-state index in [-0.39, 0.29) is 6.10 Å². The van der Waals surface area contributed by atoms with Gasteiger partial charge < -0.3 is 14.8 Å². The van der Waals surface area contributed by atoms with E-state index in [1.165, 1.54) is 11.1 Å². The van der Waals surface area contributed by atoms with Gasteiger partial charge in [0, 0.05) is 43.2 Å². The molecule has 2 aliphatic rings. The lowest BCUT2D eigenvalue weighted by Gasteiger charge is -2.38. The summed E-state index contributed by atoms with van der Waals surface area (Å²) in [6, 6.07) is 5.03. The average molecular weight is 290 g/mol. The SMILES string of the molecule is CCOc1cc2c(cc1CN(CC)C1CNC1)OC(C)C2. The Labute approximate surface area is 127 Å². The van der Waals surface area contributed by atoms with Crippen molar-refractivity contribution in [3.8, 4) is 11.5 Å². The fourth-order valence-electron chi connectivity index (χ4n) is 3.14. The maximum absolute atomic E-state index is 5.91. The van der Waals surface area contributed by atoms with Crippen LogP contribution in [0.1, 0.15) is 31.9 Å². The second-order valence-electron chi connectivity index (χ2n) is 6.01. The van der Waals surface area contributed by atoms with Crippen molar-refractivity contribution >= 4 is 0 Å². The summed E-state index contributed by atoms with van der Waals surface area (Å²) in [6.07, 6.45) is 1.27. The monoisotopic (exact) mass is 290 g/mol. The Morgan fingerprint density at radius 3 is 2.76 bits per heavy atom. The first-order chi connectivity index (χ1) is 10.2. The molecular formula is C17H26N2O2. The van der Waals surface area contributed by atoms with Gasteiger partial charge in [0.2, 0.25) is 0 Å². The molecule has 1 saturated heterocycles. The molecule has 3 rings (SSSR count). The van der Waals surface area contributed by atoms with Gasteiger partial charge in [-0.25, -0.2) is 0 Å². The van der Waals surface area contributed by atoms with Crippen LogP contribution in [-0.4, -0.2) is 43.3 Å². The molecule has 1 aromatic rings. The molecule has 4 nitrogen and oxygen atoms in total. The zero-order chi connectivity index (χ0) is 14.8. The Hall–Kier alpha value is -1.26. The van der Waals surface area contributed by atoms with Gasteiger partial charge in [-0.1, -0.05) is 6.92 Å². The predicted octanol–water partition coefficient (Wildman–Crippen LogP) is 2.20. The van der Waals surface area contributed by atoms with Crippen LogP contribution in [0, 0.1) is 0 Å². The molecule has 0 aliphatic carbocycles. The number of ether oxygens (including phenoxy) is 2. The number of rotatable bonds is 6. The van der Waals surface area contributed by atoms with Gasteiger partial charge in [0.15, 0.2) is 0 Å². The van der Waals surface area contributed by atoms with Crippen LogP contribution in [0.15, 0.2) is 12.1 Å². The van der Waals surface area contributed by atoms with Crippen LogP contribution >= 0.6 is 0 Å². The topological polar surface area (TPSA) is 33.7 Å². The molecule has 1 aromatic carbocycles. The summed E-state index contributed by atoms with van der Waals surface area (Å²) in [5, 5.41) is 3.35. The molecule has 1 unspecified atom stereocenters. The van der Waals surface area contributed by atoms with E-state index in [4.69, 9.17) is 9.47 Å². The summed E-state index contributed by atoms with van der Waals surface area (Å²) < 4.78 is 11.8. The summed E-state index contributed by atoms with van der Waals surface area (Å²) in [5.74, 6) is 2.07. The summed E-state index contributed by atoms with van der Waals surface area (Å²) in [4.78, 5) is 2.51.